The molecule has 1 fully saturated rings. The summed E-state index contributed by atoms with van der Waals surface area (Å²) in [6.07, 6.45) is 0.605. The first-order chi connectivity index (χ1) is 12.4. The zero-order chi connectivity index (χ0) is 18.7. The molecule has 2 aromatic rings. The van der Waals surface area contributed by atoms with Gasteiger partial charge in [0.15, 0.2) is 0 Å². The molecule has 1 aliphatic heterocycles. The Labute approximate surface area is 157 Å². The van der Waals surface area contributed by atoms with Gasteiger partial charge in [0.2, 0.25) is 10.0 Å². The number of hydrogen-bond donors (Lipinski definition) is 0. The van der Waals surface area contributed by atoms with E-state index >= 15 is 0 Å². The van der Waals surface area contributed by atoms with Crippen LogP contribution in [0.5, 0.6) is 5.75 Å². The fraction of sp³-hybridized carbons (Fsp3) is 0.278. The lowest BCUT2D eigenvalue weighted by Gasteiger charge is -2.17. The van der Waals surface area contributed by atoms with Gasteiger partial charge in [0.25, 0.3) is 0 Å². The van der Waals surface area contributed by atoms with Crippen LogP contribution in [-0.4, -0.2) is 33.8 Å². The Morgan fingerprint density at radius 1 is 1.19 bits per heavy atom. The van der Waals surface area contributed by atoms with E-state index in [0.29, 0.717) is 40.6 Å². The predicted octanol–water partition coefficient (Wildman–Crippen LogP) is 3.25. The van der Waals surface area contributed by atoms with Crippen LogP contribution in [-0.2, 0) is 21.4 Å². The summed E-state index contributed by atoms with van der Waals surface area (Å²) in [4.78, 5) is 12.2. The van der Waals surface area contributed by atoms with Crippen LogP contribution in [0.15, 0.2) is 42.5 Å². The molecule has 2 aromatic carbocycles. The lowest BCUT2D eigenvalue weighted by atomic mass is 10.2. The monoisotopic (exact) mass is 395 g/mol. The highest BCUT2D eigenvalue weighted by Crippen LogP contribution is 2.25. The van der Waals surface area contributed by atoms with E-state index < -0.39 is 16.0 Å². The molecule has 0 aromatic heterocycles. The van der Waals surface area contributed by atoms with Gasteiger partial charge >= 0.3 is 5.97 Å². The second kappa shape index (κ2) is 7.55. The second-order valence-electron chi connectivity index (χ2n) is 5.82. The first-order valence-electron chi connectivity index (χ1n) is 8.01. The lowest BCUT2D eigenvalue weighted by molar-refractivity contribution is 0.0470. The number of halogens is 1. The fourth-order valence-corrected chi connectivity index (χ4v) is 4.54. The number of carbonyl (C=O) groups excluding carboxylic acids is 1. The summed E-state index contributed by atoms with van der Waals surface area (Å²) >= 11 is 5.96. The number of carbonyl (C=O) groups is 1. The van der Waals surface area contributed by atoms with Gasteiger partial charge in [0.1, 0.15) is 12.4 Å². The molecule has 0 spiro atoms. The average molecular weight is 396 g/mol. The van der Waals surface area contributed by atoms with Gasteiger partial charge in [0.05, 0.1) is 24.1 Å². The molecular weight excluding hydrogens is 378 g/mol. The second-order valence-corrected chi connectivity index (χ2v) is 8.27. The van der Waals surface area contributed by atoms with Crippen LogP contribution in [0, 0.1) is 0 Å². The predicted molar refractivity (Wildman–Crippen MR) is 99.3 cm³/mol. The van der Waals surface area contributed by atoms with Crippen LogP contribution in [0.25, 0.3) is 0 Å². The molecule has 3 rings (SSSR count). The van der Waals surface area contributed by atoms with Gasteiger partial charge in [-0.25, -0.2) is 13.2 Å². The summed E-state index contributed by atoms with van der Waals surface area (Å²) in [5.74, 6) is 0.220. The minimum atomic E-state index is -3.24. The topological polar surface area (TPSA) is 72.9 Å². The molecule has 0 amide bonds. The summed E-state index contributed by atoms with van der Waals surface area (Å²) in [7, 11) is -1.71. The highest BCUT2D eigenvalue weighted by atomic mass is 35.5. The Kier molecular flexibility index (Phi) is 5.38. The third-order valence-electron chi connectivity index (χ3n) is 4.09. The molecule has 1 saturated heterocycles. The Morgan fingerprint density at radius 2 is 1.92 bits per heavy atom. The Bertz CT molecular complexity index is 912. The molecule has 0 radical (unpaired) electrons. The highest BCUT2D eigenvalue weighted by molar-refractivity contribution is 7.93. The van der Waals surface area contributed by atoms with Crippen molar-refractivity contribution >= 4 is 33.3 Å². The maximum absolute atomic E-state index is 12.2. The van der Waals surface area contributed by atoms with Crippen molar-refractivity contribution in [3.8, 4) is 5.75 Å². The molecule has 0 atom stereocenters. The molecular formula is C18H18ClNO5S. The van der Waals surface area contributed by atoms with Gasteiger partial charge in [0, 0.05) is 17.1 Å². The smallest absolute Gasteiger partial charge is 0.338 e. The molecule has 0 saturated carbocycles. The van der Waals surface area contributed by atoms with Crippen molar-refractivity contribution in [2.75, 3.05) is 23.7 Å². The Hall–Kier alpha value is -2.25. The zero-order valence-corrected chi connectivity index (χ0v) is 15.7. The summed E-state index contributed by atoms with van der Waals surface area (Å²) in [6.45, 7) is 0.478. The van der Waals surface area contributed by atoms with Gasteiger partial charge in [-0.15, -0.1) is 0 Å². The number of methoxy groups -OCH3 is 1. The number of ether oxygens (including phenoxy) is 2. The molecule has 1 heterocycles. The minimum Gasteiger partial charge on any atom is -0.496 e. The molecule has 8 heteroatoms. The van der Waals surface area contributed by atoms with Crippen molar-refractivity contribution < 1.29 is 22.7 Å². The fourth-order valence-electron chi connectivity index (χ4n) is 2.78. The first kappa shape index (κ1) is 18.5. The van der Waals surface area contributed by atoms with E-state index in [9.17, 15) is 13.2 Å². The summed E-state index contributed by atoms with van der Waals surface area (Å²) in [5, 5.41) is 0.521. The highest BCUT2D eigenvalue weighted by Gasteiger charge is 2.28. The molecule has 1 aliphatic rings. The van der Waals surface area contributed by atoms with Crippen molar-refractivity contribution in [1.82, 2.24) is 0 Å². The molecule has 6 nitrogen and oxygen atoms in total. The van der Waals surface area contributed by atoms with Crippen molar-refractivity contribution in [1.29, 1.82) is 0 Å². The van der Waals surface area contributed by atoms with Gasteiger partial charge in [-0.3, -0.25) is 4.31 Å². The van der Waals surface area contributed by atoms with Crippen LogP contribution < -0.4 is 9.04 Å². The van der Waals surface area contributed by atoms with E-state index in [1.54, 1.807) is 42.5 Å². The zero-order valence-electron chi connectivity index (χ0n) is 14.1. The van der Waals surface area contributed by atoms with Crippen LogP contribution in [0.3, 0.4) is 0 Å². The van der Waals surface area contributed by atoms with Crippen LogP contribution in [0.4, 0.5) is 5.69 Å². The van der Waals surface area contributed by atoms with Crippen LogP contribution in [0.1, 0.15) is 22.3 Å². The lowest BCUT2D eigenvalue weighted by Crippen LogP contribution is -2.25. The molecule has 0 N–H and O–H groups in total. The molecule has 26 heavy (non-hydrogen) atoms. The first-order valence-corrected chi connectivity index (χ1v) is 9.99. The SMILES string of the molecule is COc1ccc(Cl)cc1COC(=O)c1ccc(N2CCCS2(=O)=O)cc1. The minimum absolute atomic E-state index is 0.0187. The Morgan fingerprint density at radius 3 is 2.54 bits per heavy atom. The van der Waals surface area contributed by atoms with E-state index in [1.165, 1.54) is 11.4 Å². The number of esters is 1. The van der Waals surface area contributed by atoms with Gasteiger partial charge in [-0.05, 0) is 48.9 Å². The summed E-state index contributed by atoms with van der Waals surface area (Å²) < 4.78 is 35.8. The van der Waals surface area contributed by atoms with E-state index in [1.807, 2.05) is 0 Å². The van der Waals surface area contributed by atoms with E-state index in [4.69, 9.17) is 21.1 Å². The quantitative estimate of drug-likeness (QED) is 0.726. The van der Waals surface area contributed by atoms with Crippen molar-refractivity contribution in [2.45, 2.75) is 13.0 Å². The molecule has 138 valence electrons. The molecule has 0 aliphatic carbocycles. The Balaban J connectivity index is 1.68. The van der Waals surface area contributed by atoms with E-state index in [0.717, 1.165) is 0 Å². The van der Waals surface area contributed by atoms with Crippen LogP contribution in [0.2, 0.25) is 5.02 Å². The van der Waals surface area contributed by atoms with E-state index in [2.05, 4.69) is 0 Å². The maximum Gasteiger partial charge on any atom is 0.338 e. The largest absolute Gasteiger partial charge is 0.496 e. The third kappa shape index (κ3) is 3.94. The molecule has 0 unspecified atom stereocenters. The molecule has 0 bridgehead atoms. The maximum atomic E-state index is 12.2. The standard InChI is InChI=1S/C18H18ClNO5S/c1-24-17-8-5-15(19)11-14(17)12-25-18(21)13-3-6-16(7-4-13)20-9-2-10-26(20,22)23/h3-8,11H,2,9-10,12H2,1H3. The van der Waals surface area contributed by atoms with Gasteiger partial charge < -0.3 is 9.47 Å². The number of sulfonamides is 1. The number of benzene rings is 2. The van der Waals surface area contributed by atoms with Gasteiger partial charge in [-0.2, -0.15) is 0 Å². The normalized spacial score (nSPS) is 15.7. The van der Waals surface area contributed by atoms with Crippen molar-refractivity contribution in [2.24, 2.45) is 0 Å². The average Bonchev–Trinajstić information content (AvgIpc) is 2.99. The van der Waals surface area contributed by atoms with Crippen molar-refractivity contribution in [3.63, 3.8) is 0 Å². The van der Waals surface area contributed by atoms with Gasteiger partial charge in [-0.1, -0.05) is 11.6 Å². The van der Waals surface area contributed by atoms with E-state index in [-0.39, 0.29) is 12.4 Å². The number of anilines is 1. The summed E-state index contributed by atoms with van der Waals surface area (Å²) in [6, 6.07) is 11.4. The third-order valence-corrected chi connectivity index (χ3v) is 6.20. The van der Waals surface area contributed by atoms with Crippen molar-refractivity contribution in [3.05, 3.63) is 58.6 Å². The number of hydrogen-bond acceptors (Lipinski definition) is 5. The number of nitrogens with zero attached hydrogens (tertiary/aromatic N) is 1. The number of rotatable bonds is 5. The summed E-state index contributed by atoms with van der Waals surface area (Å²) in [5.41, 5.74) is 1.55. The van der Waals surface area contributed by atoms with Crippen LogP contribution >= 0.6 is 11.6 Å².